The highest BCUT2D eigenvalue weighted by atomic mass is 32.1. The lowest BCUT2D eigenvalue weighted by molar-refractivity contribution is -0.161. The standard InChI is InChI=1S/C38H67NO6SSi2/c1-13-47(14-2,15-3)44-36-34(28(8)25-31-26-46-30(10)39-31)42-33(40)22-23-37(11,12)35(41)29(9)24-27(7)20-19-21-32-38(36,43-32)45-48(16-4,17-5)18-6/h25-27,29,32,34,36H,13-24H2,1-12H3. The number of cyclic esters (lactones) is 1. The Balaban J connectivity index is 2.24. The molecule has 0 N–H and O–H groups in total. The first-order valence-corrected chi connectivity index (χ1v) is 24.9. The minimum absolute atomic E-state index is 0.0590. The first kappa shape index (κ1) is 41.2. The lowest BCUT2D eigenvalue weighted by atomic mass is 9.75. The van der Waals surface area contributed by atoms with Crippen molar-refractivity contribution in [1.82, 2.24) is 4.98 Å². The van der Waals surface area contributed by atoms with E-state index in [9.17, 15) is 9.59 Å². The maximum absolute atomic E-state index is 14.0. The number of hydrogen-bond donors (Lipinski definition) is 0. The summed E-state index contributed by atoms with van der Waals surface area (Å²) in [6.07, 6.45) is 4.84. The van der Waals surface area contributed by atoms with E-state index in [1.807, 2.05) is 46.1 Å². The molecule has 0 saturated carbocycles. The number of Topliss-reactive ketones (excluding diaryl/α,β-unsaturated/α-hetero) is 1. The van der Waals surface area contributed by atoms with E-state index in [0.29, 0.717) is 12.3 Å². The highest BCUT2D eigenvalue weighted by Gasteiger charge is 2.69. The maximum atomic E-state index is 14.0. The molecule has 6 unspecified atom stereocenters. The molecule has 2 aliphatic rings. The normalized spacial score (nSPS) is 29.8. The number of hydrogen-bond acceptors (Lipinski definition) is 8. The number of carbonyl (C=O) groups excluding carboxylic acids is 2. The summed E-state index contributed by atoms with van der Waals surface area (Å²) in [4.78, 5) is 32.3. The smallest absolute Gasteiger partial charge is 0.306 e. The number of aryl methyl sites for hydroxylation is 1. The minimum Gasteiger partial charge on any atom is -0.455 e. The fourth-order valence-corrected chi connectivity index (χ4v) is 14.1. The molecule has 3 heterocycles. The number of fused-ring (bicyclic) bond motifs is 1. The Morgan fingerprint density at radius 1 is 1.00 bits per heavy atom. The number of aromatic nitrogens is 1. The van der Waals surface area contributed by atoms with Crippen LogP contribution in [0.25, 0.3) is 6.08 Å². The molecule has 48 heavy (non-hydrogen) atoms. The SMILES string of the molecule is CC[Si](CC)(CC)OC1C(C(C)=Cc2csc(C)n2)OC(=O)CCC(C)(C)C(=O)C(C)CC(C)CCCC2OC21O[Si](CC)(CC)CC. The molecule has 0 radical (unpaired) electrons. The topological polar surface area (TPSA) is 87.3 Å². The zero-order chi connectivity index (χ0) is 35.9. The molecule has 3 rings (SSSR count). The maximum Gasteiger partial charge on any atom is 0.306 e. The number of rotatable bonds is 12. The lowest BCUT2D eigenvalue weighted by Crippen LogP contribution is -2.57. The largest absolute Gasteiger partial charge is 0.455 e. The Hall–Kier alpha value is -1.18. The number of epoxide rings is 1. The molecule has 274 valence electrons. The average Bonchev–Trinajstić information content (AvgIpc) is 3.60. The molecule has 0 spiro atoms. The third-order valence-electron chi connectivity index (χ3n) is 11.7. The summed E-state index contributed by atoms with van der Waals surface area (Å²) in [7, 11) is -4.47. The van der Waals surface area contributed by atoms with Gasteiger partial charge in [0.25, 0.3) is 0 Å². The summed E-state index contributed by atoms with van der Waals surface area (Å²) in [5.74, 6) is -0.721. The fourth-order valence-electron chi connectivity index (χ4n) is 7.82. The molecular weight excluding hydrogens is 655 g/mol. The fraction of sp³-hybridized carbons (Fsp3) is 0.816. The Kier molecular flexibility index (Phi) is 14.9. The van der Waals surface area contributed by atoms with Crippen molar-refractivity contribution >= 4 is 45.8 Å². The molecule has 2 fully saturated rings. The van der Waals surface area contributed by atoms with E-state index in [1.54, 1.807) is 11.3 Å². The van der Waals surface area contributed by atoms with Crippen LogP contribution in [0.15, 0.2) is 11.0 Å². The second-order valence-electron chi connectivity index (χ2n) is 15.5. The van der Waals surface area contributed by atoms with Crippen LogP contribution in [0.2, 0.25) is 36.3 Å². The van der Waals surface area contributed by atoms with Crippen molar-refractivity contribution in [1.29, 1.82) is 0 Å². The predicted octanol–water partition coefficient (Wildman–Crippen LogP) is 10.5. The van der Waals surface area contributed by atoms with Gasteiger partial charge < -0.3 is 18.3 Å². The van der Waals surface area contributed by atoms with Gasteiger partial charge in [0.1, 0.15) is 18.0 Å². The van der Waals surface area contributed by atoms with Crippen molar-refractivity contribution in [2.75, 3.05) is 0 Å². The average molecular weight is 722 g/mol. The number of thiazole rings is 1. The monoisotopic (exact) mass is 721 g/mol. The van der Waals surface area contributed by atoms with Gasteiger partial charge in [0.2, 0.25) is 5.79 Å². The summed E-state index contributed by atoms with van der Waals surface area (Å²) in [6, 6.07) is 5.81. The lowest BCUT2D eigenvalue weighted by Gasteiger charge is -2.43. The molecule has 10 heteroatoms. The van der Waals surface area contributed by atoms with Crippen LogP contribution in [0.3, 0.4) is 0 Å². The molecular formula is C38H67NO6SSi2. The highest BCUT2D eigenvalue weighted by molar-refractivity contribution is 7.09. The van der Waals surface area contributed by atoms with Crippen LogP contribution < -0.4 is 0 Å². The number of nitrogens with zero attached hydrogens (tertiary/aromatic N) is 1. The Morgan fingerprint density at radius 3 is 2.15 bits per heavy atom. The van der Waals surface area contributed by atoms with E-state index in [0.717, 1.165) is 78.2 Å². The van der Waals surface area contributed by atoms with Gasteiger partial charge in [0.15, 0.2) is 22.7 Å². The van der Waals surface area contributed by atoms with Crippen LogP contribution >= 0.6 is 11.3 Å². The van der Waals surface area contributed by atoms with Crippen LogP contribution in [0.4, 0.5) is 0 Å². The Labute approximate surface area is 298 Å². The molecule has 0 amide bonds. The first-order valence-electron chi connectivity index (χ1n) is 19.0. The van der Waals surface area contributed by atoms with Crippen molar-refractivity contribution in [2.24, 2.45) is 17.3 Å². The van der Waals surface area contributed by atoms with Crippen LogP contribution in [-0.4, -0.2) is 57.5 Å². The molecule has 2 saturated heterocycles. The van der Waals surface area contributed by atoms with Gasteiger partial charge in [-0.2, -0.15) is 0 Å². The number of carbonyl (C=O) groups is 2. The zero-order valence-electron chi connectivity index (χ0n) is 32.3. The van der Waals surface area contributed by atoms with Gasteiger partial charge in [0, 0.05) is 23.1 Å². The molecule has 2 aliphatic heterocycles. The van der Waals surface area contributed by atoms with Gasteiger partial charge in [0.05, 0.1) is 10.7 Å². The summed E-state index contributed by atoms with van der Waals surface area (Å²) in [6.45, 7) is 25.8. The van der Waals surface area contributed by atoms with Crippen molar-refractivity contribution in [3.63, 3.8) is 0 Å². The summed E-state index contributed by atoms with van der Waals surface area (Å²) in [5.41, 5.74) is 1.10. The van der Waals surface area contributed by atoms with E-state index in [1.165, 1.54) is 0 Å². The minimum atomic E-state index is -2.27. The summed E-state index contributed by atoms with van der Waals surface area (Å²) in [5, 5.41) is 3.02. The number of esters is 1. The summed E-state index contributed by atoms with van der Waals surface area (Å²) >= 11 is 1.60. The zero-order valence-corrected chi connectivity index (χ0v) is 35.1. The van der Waals surface area contributed by atoms with Gasteiger partial charge in [-0.3, -0.25) is 9.59 Å². The van der Waals surface area contributed by atoms with Gasteiger partial charge in [-0.1, -0.05) is 82.1 Å². The van der Waals surface area contributed by atoms with Crippen LogP contribution in [0.1, 0.15) is 125 Å². The number of ketones is 1. The van der Waals surface area contributed by atoms with E-state index in [2.05, 4.69) is 48.5 Å². The van der Waals surface area contributed by atoms with Crippen molar-refractivity contribution < 1.29 is 27.9 Å². The Morgan fingerprint density at radius 2 is 1.60 bits per heavy atom. The van der Waals surface area contributed by atoms with E-state index in [-0.39, 0.29) is 30.2 Å². The molecule has 6 atom stereocenters. The molecule has 0 aromatic carbocycles. The number of ether oxygens (including phenoxy) is 2. The van der Waals surface area contributed by atoms with Gasteiger partial charge in [-0.15, -0.1) is 11.3 Å². The van der Waals surface area contributed by atoms with E-state index >= 15 is 0 Å². The van der Waals surface area contributed by atoms with Crippen molar-refractivity contribution in [2.45, 2.75) is 182 Å². The third-order valence-corrected chi connectivity index (χ3v) is 21.7. The summed E-state index contributed by atoms with van der Waals surface area (Å²) < 4.78 is 28.5. The molecule has 7 nitrogen and oxygen atoms in total. The predicted molar refractivity (Wildman–Crippen MR) is 203 cm³/mol. The molecule has 0 bridgehead atoms. The molecule has 1 aromatic heterocycles. The third kappa shape index (κ3) is 9.78. The van der Waals surface area contributed by atoms with Crippen LogP contribution in [0, 0.1) is 24.2 Å². The molecule has 0 aliphatic carbocycles. The highest BCUT2D eigenvalue weighted by Crippen LogP contribution is 2.52. The van der Waals surface area contributed by atoms with E-state index < -0.39 is 40.0 Å². The van der Waals surface area contributed by atoms with Crippen LogP contribution in [0.5, 0.6) is 0 Å². The Bertz CT molecular complexity index is 1220. The van der Waals surface area contributed by atoms with Gasteiger partial charge >= 0.3 is 5.97 Å². The quantitative estimate of drug-likeness (QED) is 0.121. The first-order chi connectivity index (χ1) is 22.6. The molecule has 1 aromatic rings. The second kappa shape index (κ2) is 17.4. The second-order valence-corrected chi connectivity index (χ2v) is 25.9. The van der Waals surface area contributed by atoms with Crippen LogP contribution in [-0.2, 0) is 27.9 Å². The van der Waals surface area contributed by atoms with Gasteiger partial charge in [-0.05, 0) is 86.9 Å². The van der Waals surface area contributed by atoms with Crippen molar-refractivity contribution in [3.8, 4) is 0 Å². The van der Waals surface area contributed by atoms with Crippen molar-refractivity contribution in [3.05, 3.63) is 21.7 Å². The van der Waals surface area contributed by atoms with Gasteiger partial charge in [-0.25, -0.2) is 4.98 Å². The van der Waals surface area contributed by atoms with E-state index in [4.69, 9.17) is 23.3 Å².